The standard InChI is InChI=1S/C6H15N.C2H2/c1-3-6(2)4-5-7;1-2/h6H,3-5,7H2,1-2H3;1-2H. The van der Waals surface area contributed by atoms with Crippen molar-refractivity contribution in [2.45, 2.75) is 26.7 Å². The molecule has 0 aromatic heterocycles. The molecule has 0 saturated heterocycles. The summed E-state index contributed by atoms with van der Waals surface area (Å²) < 4.78 is 0. The summed E-state index contributed by atoms with van der Waals surface area (Å²) in [6.07, 6.45) is 10.4. The first kappa shape index (κ1) is 11.3. The SMILES string of the molecule is C#C.CCC(C)CCN. The van der Waals surface area contributed by atoms with Crippen molar-refractivity contribution in [3.63, 3.8) is 0 Å². The lowest BCUT2D eigenvalue weighted by atomic mass is 10.1. The zero-order valence-electron chi connectivity index (χ0n) is 6.43. The van der Waals surface area contributed by atoms with Gasteiger partial charge in [-0.3, -0.25) is 0 Å². The highest BCUT2D eigenvalue weighted by Gasteiger charge is 1.92. The fraction of sp³-hybridized carbons (Fsp3) is 0.750. The van der Waals surface area contributed by atoms with Crippen molar-refractivity contribution in [3.8, 4) is 12.8 Å². The second-order valence-electron chi connectivity index (χ2n) is 2.09. The van der Waals surface area contributed by atoms with Crippen LogP contribution in [0, 0.1) is 18.8 Å². The van der Waals surface area contributed by atoms with Crippen LogP contribution in [-0.2, 0) is 0 Å². The Bertz CT molecular complexity index is 56.8. The van der Waals surface area contributed by atoms with Crippen molar-refractivity contribution in [2.24, 2.45) is 11.7 Å². The second-order valence-corrected chi connectivity index (χ2v) is 2.09. The number of nitrogens with two attached hydrogens (primary N) is 1. The molecule has 9 heavy (non-hydrogen) atoms. The predicted octanol–water partition coefficient (Wildman–Crippen LogP) is 1.63. The zero-order valence-corrected chi connectivity index (χ0v) is 6.43. The number of terminal acetylenes is 1. The largest absolute Gasteiger partial charge is 0.330 e. The highest BCUT2D eigenvalue weighted by atomic mass is 14.5. The first-order valence-corrected chi connectivity index (χ1v) is 3.34. The van der Waals surface area contributed by atoms with Crippen LogP contribution in [0.15, 0.2) is 0 Å². The van der Waals surface area contributed by atoms with Gasteiger partial charge in [0.25, 0.3) is 0 Å². The van der Waals surface area contributed by atoms with Gasteiger partial charge in [-0.25, -0.2) is 0 Å². The highest BCUT2D eigenvalue weighted by Crippen LogP contribution is 2.02. The van der Waals surface area contributed by atoms with E-state index in [4.69, 9.17) is 5.73 Å². The van der Waals surface area contributed by atoms with E-state index >= 15 is 0 Å². The Morgan fingerprint density at radius 2 is 1.89 bits per heavy atom. The van der Waals surface area contributed by atoms with Crippen LogP contribution in [0.3, 0.4) is 0 Å². The van der Waals surface area contributed by atoms with Crippen LogP contribution in [-0.4, -0.2) is 6.54 Å². The van der Waals surface area contributed by atoms with E-state index in [-0.39, 0.29) is 0 Å². The van der Waals surface area contributed by atoms with Crippen LogP contribution in [0.4, 0.5) is 0 Å². The molecule has 0 aliphatic heterocycles. The monoisotopic (exact) mass is 127 g/mol. The fourth-order valence-electron chi connectivity index (χ4n) is 0.489. The van der Waals surface area contributed by atoms with Crippen LogP contribution in [0.5, 0.6) is 0 Å². The minimum absolute atomic E-state index is 0.824. The van der Waals surface area contributed by atoms with E-state index in [1.807, 2.05) is 0 Å². The Labute approximate surface area is 58.6 Å². The third kappa shape index (κ3) is 11.2. The third-order valence-corrected chi connectivity index (χ3v) is 1.36. The zero-order chi connectivity index (χ0) is 7.70. The Morgan fingerprint density at radius 3 is 2.00 bits per heavy atom. The summed E-state index contributed by atoms with van der Waals surface area (Å²) in [4.78, 5) is 0. The molecule has 54 valence electrons. The van der Waals surface area contributed by atoms with Gasteiger partial charge in [-0.15, -0.1) is 12.8 Å². The minimum atomic E-state index is 0.824. The Hall–Kier alpha value is -0.480. The van der Waals surface area contributed by atoms with Gasteiger partial charge in [0.15, 0.2) is 0 Å². The van der Waals surface area contributed by atoms with Gasteiger partial charge in [0.05, 0.1) is 0 Å². The molecule has 2 N–H and O–H groups in total. The first-order chi connectivity index (χ1) is 4.31. The number of hydrogen-bond acceptors (Lipinski definition) is 1. The Morgan fingerprint density at radius 1 is 1.44 bits per heavy atom. The maximum absolute atomic E-state index is 5.30. The average Bonchev–Trinajstić information content (AvgIpc) is 1.93. The summed E-state index contributed by atoms with van der Waals surface area (Å²) in [6.45, 7) is 5.27. The smallest absolute Gasteiger partial charge is 0.00747 e. The highest BCUT2D eigenvalue weighted by molar-refractivity contribution is 4.48. The molecule has 1 heteroatoms. The van der Waals surface area contributed by atoms with Crippen molar-refractivity contribution < 1.29 is 0 Å². The van der Waals surface area contributed by atoms with E-state index < -0.39 is 0 Å². The van der Waals surface area contributed by atoms with Gasteiger partial charge in [0, 0.05) is 0 Å². The van der Waals surface area contributed by atoms with Gasteiger partial charge in [0.1, 0.15) is 0 Å². The van der Waals surface area contributed by atoms with Crippen LogP contribution >= 0.6 is 0 Å². The molecule has 0 rings (SSSR count). The summed E-state index contributed by atoms with van der Waals surface area (Å²) in [5.74, 6) is 0.824. The van der Waals surface area contributed by atoms with E-state index in [0.717, 1.165) is 12.5 Å². The molecule has 0 aromatic carbocycles. The van der Waals surface area contributed by atoms with Crippen LogP contribution < -0.4 is 5.73 Å². The molecular formula is C8H17N. The lowest BCUT2D eigenvalue weighted by Gasteiger charge is -2.02. The molecule has 0 heterocycles. The maximum atomic E-state index is 5.30. The van der Waals surface area contributed by atoms with Crippen molar-refractivity contribution >= 4 is 0 Å². The van der Waals surface area contributed by atoms with Crippen LogP contribution in [0.1, 0.15) is 26.7 Å². The average molecular weight is 127 g/mol. The Kier molecular flexibility index (Phi) is 13.2. The molecule has 0 spiro atoms. The van der Waals surface area contributed by atoms with Crippen LogP contribution in [0.2, 0.25) is 0 Å². The maximum Gasteiger partial charge on any atom is -0.00747 e. The normalized spacial score (nSPS) is 11.2. The summed E-state index contributed by atoms with van der Waals surface area (Å²) in [5, 5.41) is 0. The fourth-order valence-corrected chi connectivity index (χ4v) is 0.489. The van der Waals surface area contributed by atoms with E-state index in [1.165, 1.54) is 12.8 Å². The summed E-state index contributed by atoms with van der Waals surface area (Å²) in [6, 6.07) is 0. The number of hydrogen-bond donors (Lipinski definition) is 1. The second kappa shape index (κ2) is 10.5. The van der Waals surface area contributed by atoms with Crippen molar-refractivity contribution in [1.29, 1.82) is 0 Å². The van der Waals surface area contributed by atoms with Gasteiger partial charge in [-0.05, 0) is 18.9 Å². The lowest BCUT2D eigenvalue weighted by molar-refractivity contribution is 0.524. The van der Waals surface area contributed by atoms with E-state index in [9.17, 15) is 0 Å². The lowest BCUT2D eigenvalue weighted by Crippen LogP contribution is -2.04. The quantitative estimate of drug-likeness (QED) is 0.573. The molecule has 0 saturated carbocycles. The molecule has 1 unspecified atom stereocenters. The van der Waals surface area contributed by atoms with Gasteiger partial charge >= 0.3 is 0 Å². The van der Waals surface area contributed by atoms with Gasteiger partial charge in [-0.2, -0.15) is 0 Å². The van der Waals surface area contributed by atoms with Crippen molar-refractivity contribution in [3.05, 3.63) is 0 Å². The Balaban J connectivity index is 0. The van der Waals surface area contributed by atoms with Gasteiger partial charge in [-0.1, -0.05) is 20.3 Å². The molecule has 0 aromatic rings. The summed E-state index contributed by atoms with van der Waals surface area (Å²) in [5.41, 5.74) is 5.30. The molecular weight excluding hydrogens is 110 g/mol. The molecule has 0 aliphatic carbocycles. The molecule has 0 aliphatic rings. The van der Waals surface area contributed by atoms with E-state index in [2.05, 4.69) is 26.7 Å². The van der Waals surface area contributed by atoms with Gasteiger partial charge in [0.2, 0.25) is 0 Å². The van der Waals surface area contributed by atoms with Gasteiger partial charge < -0.3 is 5.73 Å². The molecule has 0 radical (unpaired) electrons. The van der Waals surface area contributed by atoms with E-state index in [0.29, 0.717) is 0 Å². The predicted molar refractivity (Wildman–Crippen MR) is 43.0 cm³/mol. The third-order valence-electron chi connectivity index (χ3n) is 1.36. The molecule has 0 fully saturated rings. The molecule has 0 amide bonds. The topological polar surface area (TPSA) is 26.0 Å². The summed E-state index contributed by atoms with van der Waals surface area (Å²) >= 11 is 0. The molecule has 0 bridgehead atoms. The number of rotatable bonds is 3. The molecule has 1 nitrogen and oxygen atoms in total. The molecule has 1 atom stereocenters. The summed E-state index contributed by atoms with van der Waals surface area (Å²) in [7, 11) is 0. The van der Waals surface area contributed by atoms with Crippen molar-refractivity contribution in [1.82, 2.24) is 0 Å². The first-order valence-electron chi connectivity index (χ1n) is 3.34. The van der Waals surface area contributed by atoms with Crippen molar-refractivity contribution in [2.75, 3.05) is 6.54 Å². The van der Waals surface area contributed by atoms with E-state index in [1.54, 1.807) is 0 Å². The van der Waals surface area contributed by atoms with Crippen LogP contribution in [0.25, 0.3) is 0 Å². The minimum Gasteiger partial charge on any atom is -0.330 e.